The van der Waals surface area contributed by atoms with Gasteiger partial charge in [0, 0.05) is 30.1 Å². The number of phenolic OH excluding ortho intramolecular Hbond substituents is 1. The van der Waals surface area contributed by atoms with E-state index in [2.05, 4.69) is 24.1 Å². The Morgan fingerprint density at radius 1 is 1.04 bits per heavy atom. The van der Waals surface area contributed by atoms with Crippen molar-refractivity contribution in [3.8, 4) is 16.9 Å². The Kier molecular flexibility index (Phi) is 8.96. The summed E-state index contributed by atoms with van der Waals surface area (Å²) < 4.78 is 0. The number of aromatic hydroxyl groups is 1. The van der Waals surface area contributed by atoms with Crippen LogP contribution in [0.2, 0.25) is 0 Å². The van der Waals surface area contributed by atoms with E-state index >= 15 is 0 Å². The van der Waals surface area contributed by atoms with Crippen LogP contribution >= 0.6 is 0 Å². The fourth-order valence-electron chi connectivity index (χ4n) is 7.42. The zero-order valence-corrected chi connectivity index (χ0v) is 26.8. The molecule has 3 aliphatic rings. The Bertz CT molecular complexity index is 1690. The van der Waals surface area contributed by atoms with Crippen molar-refractivity contribution >= 4 is 23.3 Å². The molecule has 0 fully saturated rings. The number of hydrogen-bond donors (Lipinski definition) is 5. The highest BCUT2D eigenvalue weighted by atomic mass is 16.3. The van der Waals surface area contributed by atoms with Crippen molar-refractivity contribution in [3.63, 3.8) is 0 Å². The number of Topliss-reactive ketones (excluding diaryl/α,β-unsaturated/α-hetero) is 3. The molecular formula is C35H41N3O8. The number of rotatable bonds is 9. The molecule has 0 aliphatic heterocycles. The molecule has 0 bridgehead atoms. The molecule has 0 aromatic heterocycles. The zero-order valence-electron chi connectivity index (χ0n) is 26.8. The van der Waals surface area contributed by atoms with Crippen LogP contribution in [0.25, 0.3) is 11.1 Å². The second-order valence-electron chi connectivity index (χ2n) is 12.5. The Hall–Kier alpha value is -4.32. The molecule has 46 heavy (non-hydrogen) atoms. The maximum atomic E-state index is 14.1. The number of allylic oxidation sites excluding steroid dienone is 1. The van der Waals surface area contributed by atoms with Crippen LogP contribution in [0.1, 0.15) is 53.5 Å². The van der Waals surface area contributed by atoms with Crippen LogP contribution in [0.5, 0.6) is 5.75 Å². The normalized spacial score (nSPS) is 24.2. The lowest BCUT2D eigenvalue weighted by atomic mass is 9.58. The van der Waals surface area contributed by atoms with Crippen LogP contribution in [0, 0.1) is 11.8 Å². The van der Waals surface area contributed by atoms with Crippen LogP contribution in [0.4, 0.5) is 0 Å². The Labute approximate surface area is 267 Å². The number of ketones is 3. The summed E-state index contributed by atoms with van der Waals surface area (Å²) in [6.45, 7) is 8.17. The van der Waals surface area contributed by atoms with Crippen LogP contribution in [-0.2, 0) is 16.0 Å². The number of carbonyl (C=O) groups excluding carboxylic acids is 4. The number of phenols is 1. The number of nitrogens with zero attached hydrogens (tertiary/aromatic N) is 2. The third-order valence-electron chi connectivity index (χ3n) is 9.76. The summed E-state index contributed by atoms with van der Waals surface area (Å²) >= 11 is 0. The largest absolute Gasteiger partial charge is 0.510 e. The van der Waals surface area contributed by atoms with Crippen LogP contribution in [0.15, 0.2) is 59.1 Å². The third-order valence-corrected chi connectivity index (χ3v) is 9.76. The van der Waals surface area contributed by atoms with Crippen molar-refractivity contribution in [2.45, 2.75) is 45.3 Å². The molecule has 4 atom stereocenters. The number of aliphatic hydroxyl groups is 3. The van der Waals surface area contributed by atoms with E-state index in [0.29, 0.717) is 28.8 Å². The lowest BCUT2D eigenvalue weighted by Gasteiger charge is -2.50. The average Bonchev–Trinajstić information content (AvgIpc) is 3.01. The second kappa shape index (κ2) is 12.5. The second-order valence-corrected chi connectivity index (χ2v) is 12.5. The number of nitrogens with one attached hydrogen (secondary N) is 1. The summed E-state index contributed by atoms with van der Waals surface area (Å²) in [6.07, 6.45) is 0.185. The number of carbonyl (C=O) groups is 4. The van der Waals surface area contributed by atoms with Gasteiger partial charge in [-0.05, 0) is 87.8 Å². The monoisotopic (exact) mass is 631 g/mol. The van der Waals surface area contributed by atoms with Crippen molar-refractivity contribution in [1.29, 1.82) is 0 Å². The summed E-state index contributed by atoms with van der Waals surface area (Å²) in [5.41, 5.74) is -1.31. The summed E-state index contributed by atoms with van der Waals surface area (Å²) in [6, 6.07) is 9.01. The van der Waals surface area contributed by atoms with Crippen molar-refractivity contribution in [3.05, 3.63) is 75.8 Å². The fourth-order valence-corrected chi connectivity index (χ4v) is 7.42. The highest BCUT2D eigenvalue weighted by Gasteiger charge is 2.63. The molecule has 2 aromatic rings. The number of amides is 1. The van der Waals surface area contributed by atoms with E-state index < -0.39 is 57.9 Å². The van der Waals surface area contributed by atoms with Gasteiger partial charge in [0.05, 0.1) is 11.6 Å². The van der Waals surface area contributed by atoms with Gasteiger partial charge in [-0.3, -0.25) is 24.1 Å². The molecular weight excluding hydrogens is 590 g/mol. The molecule has 0 saturated heterocycles. The van der Waals surface area contributed by atoms with Gasteiger partial charge in [0.25, 0.3) is 5.91 Å². The van der Waals surface area contributed by atoms with Gasteiger partial charge < -0.3 is 30.6 Å². The molecule has 11 heteroatoms. The quantitative estimate of drug-likeness (QED) is 0.260. The highest BCUT2D eigenvalue weighted by molar-refractivity contribution is 6.25. The number of likely N-dealkylation sites (N-methyl/N-ethyl adjacent to an activating group) is 2. The zero-order chi connectivity index (χ0) is 33.7. The first-order valence-electron chi connectivity index (χ1n) is 15.6. The molecule has 1 amide bonds. The minimum absolute atomic E-state index is 0.0228. The Morgan fingerprint density at radius 3 is 2.37 bits per heavy atom. The first kappa shape index (κ1) is 33.1. The molecule has 11 nitrogen and oxygen atoms in total. The predicted molar refractivity (Wildman–Crippen MR) is 171 cm³/mol. The van der Waals surface area contributed by atoms with Gasteiger partial charge in [0.1, 0.15) is 22.8 Å². The predicted octanol–water partition coefficient (Wildman–Crippen LogP) is 2.96. The summed E-state index contributed by atoms with van der Waals surface area (Å²) in [7, 11) is 3.24. The SMILES string of the molecule is CCN(CC)CCNC(=O)c1cccc(-c2ccc(O)c3c2C[C@H]2C[C@H]4[C@@H](N(C)C)C(O)=C(C(C)=O)C(=O)[C@@]4(O)C(O)=C2C3=O)c1. The summed E-state index contributed by atoms with van der Waals surface area (Å²) in [5.74, 6) is -6.35. The molecule has 5 N–H and O–H groups in total. The van der Waals surface area contributed by atoms with E-state index in [4.69, 9.17) is 0 Å². The maximum absolute atomic E-state index is 14.1. The van der Waals surface area contributed by atoms with E-state index in [1.807, 2.05) is 0 Å². The van der Waals surface area contributed by atoms with Crippen LogP contribution in [-0.4, -0.2) is 105 Å². The maximum Gasteiger partial charge on any atom is 0.251 e. The van der Waals surface area contributed by atoms with E-state index in [1.165, 1.54) is 6.07 Å². The minimum atomic E-state index is -2.62. The van der Waals surface area contributed by atoms with Crippen molar-refractivity contribution in [2.24, 2.45) is 11.8 Å². The molecule has 2 aromatic carbocycles. The van der Waals surface area contributed by atoms with E-state index in [1.54, 1.807) is 49.3 Å². The molecule has 0 radical (unpaired) electrons. The number of hydrogen-bond acceptors (Lipinski definition) is 10. The number of fused-ring (bicyclic) bond motifs is 3. The van der Waals surface area contributed by atoms with Crippen LogP contribution in [0.3, 0.4) is 0 Å². The minimum Gasteiger partial charge on any atom is -0.510 e. The molecule has 5 rings (SSSR count). The first-order chi connectivity index (χ1) is 21.8. The summed E-state index contributed by atoms with van der Waals surface area (Å²) in [5, 5.41) is 48.3. The topological polar surface area (TPSA) is 168 Å². The van der Waals surface area contributed by atoms with Crippen molar-refractivity contribution in [1.82, 2.24) is 15.1 Å². The van der Waals surface area contributed by atoms with Gasteiger partial charge in [-0.1, -0.05) is 32.0 Å². The fraction of sp³-hybridized carbons (Fsp3) is 0.429. The molecule has 0 saturated carbocycles. The lowest BCUT2D eigenvalue weighted by molar-refractivity contribution is -0.148. The Balaban J connectivity index is 1.56. The van der Waals surface area contributed by atoms with Gasteiger partial charge in [0.15, 0.2) is 17.2 Å². The molecule has 0 heterocycles. The molecule has 3 aliphatic carbocycles. The van der Waals surface area contributed by atoms with Crippen LogP contribution < -0.4 is 5.32 Å². The highest BCUT2D eigenvalue weighted by Crippen LogP contribution is 2.53. The van der Waals surface area contributed by atoms with Gasteiger partial charge in [0.2, 0.25) is 5.78 Å². The summed E-state index contributed by atoms with van der Waals surface area (Å²) in [4.78, 5) is 56.8. The van der Waals surface area contributed by atoms with Crippen molar-refractivity contribution in [2.75, 3.05) is 40.3 Å². The van der Waals surface area contributed by atoms with Gasteiger partial charge >= 0.3 is 0 Å². The lowest BCUT2D eigenvalue weighted by Crippen LogP contribution is -2.63. The van der Waals surface area contributed by atoms with Gasteiger partial charge in [-0.25, -0.2) is 0 Å². The smallest absolute Gasteiger partial charge is 0.251 e. The van der Waals surface area contributed by atoms with E-state index in [-0.39, 0.29) is 35.6 Å². The number of aliphatic hydroxyl groups excluding tert-OH is 2. The molecule has 0 unspecified atom stereocenters. The standard InChI is InChI=1S/C35H41N3O8/c1-6-38(7-2)14-13-36-34(45)20-10-8-9-19(15-20)22-11-12-25(40)28-23(22)16-21-17-24-29(37(4)5)31(42)26(18(3)39)32(43)35(24,46)33(44)27(21)30(28)41/h8-12,15,21,24,29,40,42,44,46H,6-7,13-14,16-17H2,1-5H3,(H,36,45)/t21-,24-,29+,35+/m0/s1. The van der Waals surface area contributed by atoms with Gasteiger partial charge in [-0.15, -0.1) is 0 Å². The first-order valence-corrected chi connectivity index (χ1v) is 15.6. The average molecular weight is 632 g/mol. The molecule has 0 spiro atoms. The van der Waals surface area contributed by atoms with Crippen molar-refractivity contribution < 1.29 is 39.6 Å². The third kappa shape index (κ3) is 5.22. The van der Waals surface area contributed by atoms with E-state index in [9.17, 15) is 39.6 Å². The number of benzene rings is 2. The molecule has 244 valence electrons. The van der Waals surface area contributed by atoms with E-state index in [0.717, 1.165) is 26.6 Å². The van der Waals surface area contributed by atoms with Gasteiger partial charge in [-0.2, -0.15) is 0 Å². The Morgan fingerprint density at radius 2 is 1.74 bits per heavy atom.